The second-order valence-corrected chi connectivity index (χ2v) is 5.59. The fourth-order valence-electron chi connectivity index (χ4n) is 1.73. The first-order valence-corrected chi connectivity index (χ1v) is 6.09. The van der Waals surface area contributed by atoms with E-state index in [4.69, 9.17) is 0 Å². The number of rotatable bonds is 2. The van der Waals surface area contributed by atoms with Crippen molar-refractivity contribution < 1.29 is 4.79 Å². The van der Waals surface area contributed by atoms with Crippen molar-refractivity contribution in [2.75, 3.05) is 0 Å². The Kier molecular flexibility index (Phi) is 3.11. The Morgan fingerprint density at radius 1 is 1.44 bits per heavy atom. The Morgan fingerprint density at radius 2 is 2.17 bits per heavy atom. The Labute approximate surface area is 107 Å². The lowest BCUT2D eigenvalue weighted by Gasteiger charge is -2.16. The topological polar surface area (TPSA) is 46.4 Å². The molecular weight excluding hydrogens is 226 g/mol. The summed E-state index contributed by atoms with van der Waals surface area (Å²) in [7, 11) is 0. The Bertz CT molecular complexity index is 578. The van der Waals surface area contributed by atoms with E-state index in [0.29, 0.717) is 6.54 Å². The molecule has 0 aliphatic rings. The van der Waals surface area contributed by atoms with Gasteiger partial charge >= 0.3 is 0 Å². The van der Waals surface area contributed by atoms with Gasteiger partial charge in [0.1, 0.15) is 5.65 Å². The second kappa shape index (κ2) is 4.44. The van der Waals surface area contributed by atoms with E-state index in [2.05, 4.69) is 10.3 Å². The van der Waals surface area contributed by atoms with Gasteiger partial charge in [0.25, 0.3) is 0 Å². The van der Waals surface area contributed by atoms with E-state index < -0.39 is 0 Å². The van der Waals surface area contributed by atoms with Gasteiger partial charge in [0, 0.05) is 17.8 Å². The van der Waals surface area contributed by atoms with E-state index in [1.807, 2.05) is 56.6 Å². The third kappa shape index (κ3) is 2.53. The van der Waals surface area contributed by atoms with Gasteiger partial charge in [-0.25, -0.2) is 4.98 Å². The predicted molar refractivity (Wildman–Crippen MR) is 71.2 cm³/mol. The van der Waals surface area contributed by atoms with Crippen LogP contribution in [0.25, 0.3) is 5.65 Å². The van der Waals surface area contributed by atoms with Crippen LogP contribution in [0, 0.1) is 12.3 Å². The molecule has 0 bridgehead atoms. The molecule has 4 heteroatoms. The zero-order chi connectivity index (χ0) is 13.3. The molecule has 0 saturated carbocycles. The van der Waals surface area contributed by atoms with E-state index in [0.717, 1.165) is 16.9 Å². The van der Waals surface area contributed by atoms with E-state index in [1.165, 1.54) is 0 Å². The molecule has 0 radical (unpaired) electrons. The molecular formula is C14H19N3O. The van der Waals surface area contributed by atoms with Gasteiger partial charge in [0.05, 0.1) is 12.2 Å². The van der Waals surface area contributed by atoms with Crippen molar-refractivity contribution in [2.24, 2.45) is 5.41 Å². The number of amides is 1. The van der Waals surface area contributed by atoms with Crippen molar-refractivity contribution >= 4 is 11.6 Å². The van der Waals surface area contributed by atoms with E-state index in [9.17, 15) is 4.79 Å². The maximum Gasteiger partial charge on any atom is 0.225 e. The molecule has 2 rings (SSSR count). The van der Waals surface area contributed by atoms with Gasteiger partial charge in [0.15, 0.2) is 0 Å². The van der Waals surface area contributed by atoms with Crippen molar-refractivity contribution in [1.29, 1.82) is 0 Å². The molecule has 2 aromatic rings. The molecule has 1 amide bonds. The summed E-state index contributed by atoms with van der Waals surface area (Å²) in [4.78, 5) is 16.3. The van der Waals surface area contributed by atoms with Crippen LogP contribution in [0.1, 0.15) is 32.0 Å². The lowest BCUT2D eigenvalue weighted by atomic mass is 9.96. The second-order valence-electron chi connectivity index (χ2n) is 5.59. The maximum absolute atomic E-state index is 11.8. The average molecular weight is 245 g/mol. The molecule has 0 atom stereocenters. The number of carbonyl (C=O) groups excluding carboxylic acids is 1. The fraction of sp³-hybridized carbons (Fsp3) is 0.429. The first kappa shape index (κ1) is 12.6. The van der Waals surface area contributed by atoms with Crippen molar-refractivity contribution in [3.8, 4) is 0 Å². The zero-order valence-corrected chi connectivity index (χ0v) is 11.3. The van der Waals surface area contributed by atoms with E-state index in [1.54, 1.807) is 0 Å². The number of nitrogens with zero attached hydrogens (tertiary/aromatic N) is 2. The number of carbonyl (C=O) groups is 1. The van der Waals surface area contributed by atoms with Gasteiger partial charge in [-0.3, -0.25) is 4.79 Å². The third-order valence-corrected chi connectivity index (χ3v) is 2.84. The van der Waals surface area contributed by atoms with Gasteiger partial charge in [-0.15, -0.1) is 0 Å². The van der Waals surface area contributed by atoms with Gasteiger partial charge in [-0.2, -0.15) is 0 Å². The standard InChI is InChI=1S/C14H19N3O/c1-10-6-5-7-17-9-11(16-12(10)17)8-15-13(18)14(2,3)4/h5-7,9H,8H2,1-4H3,(H,15,18). The SMILES string of the molecule is Cc1cccn2cc(CNC(=O)C(C)(C)C)nc12. The van der Waals surface area contributed by atoms with Gasteiger partial charge in [-0.05, 0) is 18.6 Å². The normalized spacial score (nSPS) is 11.8. The molecule has 18 heavy (non-hydrogen) atoms. The number of pyridine rings is 1. The molecule has 0 aromatic carbocycles. The highest BCUT2D eigenvalue weighted by Gasteiger charge is 2.20. The minimum atomic E-state index is -0.366. The molecule has 4 nitrogen and oxygen atoms in total. The smallest absolute Gasteiger partial charge is 0.225 e. The van der Waals surface area contributed by atoms with Gasteiger partial charge < -0.3 is 9.72 Å². The number of nitrogens with one attached hydrogen (secondary N) is 1. The number of aromatic nitrogens is 2. The quantitative estimate of drug-likeness (QED) is 0.882. The Hall–Kier alpha value is -1.84. The average Bonchev–Trinajstić information content (AvgIpc) is 2.69. The van der Waals surface area contributed by atoms with Crippen LogP contribution >= 0.6 is 0 Å². The highest BCUT2D eigenvalue weighted by molar-refractivity contribution is 5.81. The van der Waals surface area contributed by atoms with Gasteiger partial charge in [-0.1, -0.05) is 26.8 Å². The van der Waals surface area contributed by atoms with Crippen LogP contribution in [0.15, 0.2) is 24.5 Å². The Morgan fingerprint density at radius 3 is 2.78 bits per heavy atom. The molecule has 2 aromatic heterocycles. The summed E-state index contributed by atoms with van der Waals surface area (Å²) in [6.07, 6.45) is 3.91. The fourth-order valence-corrected chi connectivity index (χ4v) is 1.73. The molecule has 0 saturated heterocycles. The molecule has 0 unspecified atom stereocenters. The Balaban J connectivity index is 2.14. The first-order chi connectivity index (χ1) is 8.38. The highest BCUT2D eigenvalue weighted by atomic mass is 16.2. The number of hydrogen-bond acceptors (Lipinski definition) is 2. The molecule has 0 fully saturated rings. The summed E-state index contributed by atoms with van der Waals surface area (Å²) in [5.74, 6) is 0.0382. The molecule has 0 aliphatic carbocycles. The predicted octanol–water partition coefficient (Wildman–Crippen LogP) is 2.31. The summed E-state index contributed by atoms with van der Waals surface area (Å²) in [6, 6.07) is 4.02. The van der Waals surface area contributed by atoms with Crippen molar-refractivity contribution in [3.05, 3.63) is 35.8 Å². The first-order valence-electron chi connectivity index (χ1n) is 6.09. The third-order valence-electron chi connectivity index (χ3n) is 2.84. The van der Waals surface area contributed by atoms with Crippen LogP contribution in [0.3, 0.4) is 0 Å². The summed E-state index contributed by atoms with van der Waals surface area (Å²) in [5.41, 5.74) is 2.58. The molecule has 0 aliphatic heterocycles. The lowest BCUT2D eigenvalue weighted by Crippen LogP contribution is -2.34. The van der Waals surface area contributed by atoms with Crippen LogP contribution in [0.4, 0.5) is 0 Å². The number of hydrogen-bond donors (Lipinski definition) is 1. The van der Waals surface area contributed by atoms with Crippen LogP contribution in [-0.4, -0.2) is 15.3 Å². The lowest BCUT2D eigenvalue weighted by molar-refractivity contribution is -0.128. The number of fused-ring (bicyclic) bond motifs is 1. The maximum atomic E-state index is 11.8. The van der Waals surface area contributed by atoms with E-state index in [-0.39, 0.29) is 11.3 Å². The number of imidazole rings is 1. The minimum Gasteiger partial charge on any atom is -0.350 e. The van der Waals surface area contributed by atoms with Crippen LogP contribution in [-0.2, 0) is 11.3 Å². The van der Waals surface area contributed by atoms with Crippen molar-refractivity contribution in [1.82, 2.24) is 14.7 Å². The largest absolute Gasteiger partial charge is 0.350 e. The minimum absolute atomic E-state index is 0.0382. The highest BCUT2D eigenvalue weighted by Crippen LogP contribution is 2.13. The summed E-state index contributed by atoms with van der Waals surface area (Å²) < 4.78 is 1.98. The van der Waals surface area contributed by atoms with E-state index >= 15 is 0 Å². The number of aryl methyl sites for hydroxylation is 1. The molecule has 2 heterocycles. The molecule has 96 valence electrons. The van der Waals surface area contributed by atoms with Crippen LogP contribution in [0.2, 0.25) is 0 Å². The van der Waals surface area contributed by atoms with Crippen molar-refractivity contribution in [2.45, 2.75) is 34.2 Å². The monoisotopic (exact) mass is 245 g/mol. The van der Waals surface area contributed by atoms with Crippen molar-refractivity contribution in [3.63, 3.8) is 0 Å². The molecule has 0 spiro atoms. The summed E-state index contributed by atoms with van der Waals surface area (Å²) in [6.45, 7) is 8.19. The summed E-state index contributed by atoms with van der Waals surface area (Å²) in [5, 5.41) is 2.90. The van der Waals surface area contributed by atoms with Gasteiger partial charge in [0.2, 0.25) is 5.91 Å². The molecule has 1 N–H and O–H groups in total. The zero-order valence-electron chi connectivity index (χ0n) is 11.3. The van der Waals surface area contributed by atoms with Crippen LogP contribution in [0.5, 0.6) is 0 Å². The van der Waals surface area contributed by atoms with Crippen LogP contribution < -0.4 is 5.32 Å². The summed E-state index contributed by atoms with van der Waals surface area (Å²) >= 11 is 0.